The number of halogens is 3. The van der Waals surface area contributed by atoms with Gasteiger partial charge in [0, 0.05) is 12.6 Å². The van der Waals surface area contributed by atoms with Crippen molar-refractivity contribution < 1.29 is 42.8 Å². The molecule has 2 aromatic heterocycles. The quantitative estimate of drug-likeness (QED) is 0.452. The van der Waals surface area contributed by atoms with E-state index in [1.54, 1.807) is 12.1 Å². The molecule has 4 N–H and O–H groups in total. The van der Waals surface area contributed by atoms with Gasteiger partial charge in [0.05, 0.1) is 28.3 Å². The van der Waals surface area contributed by atoms with E-state index in [9.17, 15) is 33.6 Å². The molecule has 0 bridgehead atoms. The summed E-state index contributed by atoms with van der Waals surface area (Å²) in [5.74, 6) is 0.555. The monoisotopic (exact) mass is 471 g/mol. The molecule has 7 nitrogen and oxygen atoms in total. The lowest BCUT2D eigenvalue weighted by molar-refractivity contribution is -0.231. The summed E-state index contributed by atoms with van der Waals surface area (Å²) >= 11 is 1.19. The van der Waals surface area contributed by atoms with Crippen molar-refractivity contribution in [1.82, 2.24) is 4.98 Å². The van der Waals surface area contributed by atoms with Crippen LogP contribution in [0.15, 0.2) is 47.2 Å². The van der Waals surface area contributed by atoms with Gasteiger partial charge in [0.1, 0.15) is 36.3 Å². The zero-order valence-corrected chi connectivity index (χ0v) is 17.3. The van der Waals surface area contributed by atoms with Crippen LogP contribution in [-0.2, 0) is 17.3 Å². The molecular formula is C21H20F3NO6S. The van der Waals surface area contributed by atoms with Crippen molar-refractivity contribution in [3.8, 4) is 10.6 Å². The fourth-order valence-corrected chi connectivity index (χ4v) is 4.59. The summed E-state index contributed by atoms with van der Waals surface area (Å²) in [7, 11) is 0. The Morgan fingerprint density at radius 1 is 1.06 bits per heavy atom. The number of hydrogen-bond donors (Lipinski definition) is 4. The Labute approximate surface area is 184 Å². The molecule has 1 aliphatic rings. The van der Waals surface area contributed by atoms with Crippen molar-refractivity contribution in [2.75, 3.05) is 6.61 Å². The fraction of sp³-hybridized carbons (Fsp3) is 0.381. The molecule has 5 atom stereocenters. The third kappa shape index (κ3) is 4.45. The molecule has 0 unspecified atom stereocenters. The van der Waals surface area contributed by atoms with E-state index in [1.807, 2.05) is 0 Å². The Bertz CT molecular complexity index is 1050. The van der Waals surface area contributed by atoms with Crippen LogP contribution in [0.5, 0.6) is 0 Å². The van der Waals surface area contributed by atoms with Gasteiger partial charge in [-0.05, 0) is 29.3 Å². The molecule has 11 heteroatoms. The molecule has 32 heavy (non-hydrogen) atoms. The molecule has 3 heterocycles. The van der Waals surface area contributed by atoms with Gasteiger partial charge in [0.2, 0.25) is 0 Å². The first-order valence-corrected chi connectivity index (χ1v) is 10.5. The molecule has 1 aliphatic heterocycles. The number of aliphatic hydroxyl groups is 4. The van der Waals surface area contributed by atoms with E-state index in [0.717, 1.165) is 12.1 Å². The van der Waals surface area contributed by atoms with E-state index in [4.69, 9.17) is 9.15 Å². The molecule has 0 saturated carbocycles. The first-order valence-electron chi connectivity index (χ1n) is 9.68. The lowest BCUT2D eigenvalue weighted by Gasteiger charge is -2.40. The Kier molecular flexibility index (Phi) is 6.39. The number of rotatable bonds is 5. The van der Waals surface area contributed by atoms with E-state index in [0.29, 0.717) is 15.6 Å². The summed E-state index contributed by atoms with van der Waals surface area (Å²) in [6.07, 6.45) is -8.94. The van der Waals surface area contributed by atoms with Crippen LogP contribution in [0.2, 0.25) is 0 Å². The molecule has 0 spiro atoms. The van der Waals surface area contributed by atoms with Crippen LogP contribution < -0.4 is 0 Å². The average Bonchev–Trinajstić information content (AvgIpc) is 3.43. The van der Waals surface area contributed by atoms with Gasteiger partial charge in [-0.1, -0.05) is 12.1 Å². The Hall–Kier alpha value is -2.28. The van der Waals surface area contributed by atoms with E-state index in [2.05, 4.69) is 4.98 Å². The van der Waals surface area contributed by atoms with Gasteiger partial charge in [-0.25, -0.2) is 4.98 Å². The maximum atomic E-state index is 13.6. The van der Waals surface area contributed by atoms with E-state index in [1.165, 1.54) is 29.9 Å². The van der Waals surface area contributed by atoms with Gasteiger partial charge in [0.25, 0.3) is 0 Å². The maximum Gasteiger partial charge on any atom is 0.416 e. The Morgan fingerprint density at radius 3 is 2.50 bits per heavy atom. The number of hydrogen-bond acceptors (Lipinski definition) is 8. The highest BCUT2D eigenvalue weighted by molar-refractivity contribution is 7.15. The number of alkyl halides is 3. The van der Waals surface area contributed by atoms with Gasteiger partial charge in [-0.3, -0.25) is 0 Å². The highest BCUT2D eigenvalue weighted by Crippen LogP contribution is 2.38. The molecule has 4 rings (SSSR count). The molecule has 3 aromatic rings. The van der Waals surface area contributed by atoms with Crippen molar-refractivity contribution >= 4 is 11.3 Å². The molecule has 1 aromatic carbocycles. The van der Waals surface area contributed by atoms with Crippen LogP contribution in [0, 0.1) is 0 Å². The Morgan fingerprint density at radius 2 is 1.84 bits per heavy atom. The SMILES string of the molecule is OC[C@H]1O[C@@H](c2ccc(C(F)(F)F)c(Cc3ncc(-c4ccco4)s3)c2)[C@H](O)[C@@H](O)[C@@H]1O. The number of ether oxygens (including phenoxy) is 1. The second-order valence-electron chi connectivity index (χ2n) is 7.44. The van der Waals surface area contributed by atoms with E-state index < -0.39 is 48.9 Å². The molecular weight excluding hydrogens is 451 g/mol. The summed E-state index contributed by atoms with van der Waals surface area (Å²) in [5, 5.41) is 40.1. The van der Waals surface area contributed by atoms with Gasteiger partial charge < -0.3 is 29.6 Å². The highest BCUT2D eigenvalue weighted by atomic mass is 32.1. The number of aromatic nitrogens is 1. The summed E-state index contributed by atoms with van der Waals surface area (Å²) in [4.78, 5) is 4.87. The first kappa shape index (κ1) is 22.9. The van der Waals surface area contributed by atoms with Crippen LogP contribution in [0.1, 0.15) is 27.8 Å². The molecule has 172 valence electrons. The number of furan rings is 1. The first-order chi connectivity index (χ1) is 15.2. The van der Waals surface area contributed by atoms with Gasteiger partial charge in [-0.2, -0.15) is 13.2 Å². The third-order valence-electron chi connectivity index (χ3n) is 5.31. The maximum absolute atomic E-state index is 13.6. The van der Waals surface area contributed by atoms with Crippen LogP contribution in [0.4, 0.5) is 13.2 Å². The topological polar surface area (TPSA) is 116 Å². The lowest BCUT2D eigenvalue weighted by Crippen LogP contribution is -2.55. The second-order valence-corrected chi connectivity index (χ2v) is 8.55. The van der Waals surface area contributed by atoms with Crippen LogP contribution in [0.3, 0.4) is 0 Å². The van der Waals surface area contributed by atoms with E-state index >= 15 is 0 Å². The standard InChI is InChI=1S/C21H20F3NO6S/c22-21(23,24)12-4-3-10(20-19(29)18(28)17(27)14(9-26)31-20)6-11(12)7-16-25-8-15(32-16)13-2-1-5-30-13/h1-6,8,14,17-20,26-29H,7,9H2/t14-,17-,18+,19-,20+/m1/s1. The number of thiazole rings is 1. The van der Waals surface area contributed by atoms with Crippen LogP contribution >= 0.6 is 11.3 Å². The minimum atomic E-state index is -4.62. The molecule has 1 saturated heterocycles. The molecule has 0 radical (unpaired) electrons. The fourth-order valence-electron chi connectivity index (χ4n) is 3.68. The largest absolute Gasteiger partial charge is 0.463 e. The molecule has 1 fully saturated rings. The van der Waals surface area contributed by atoms with Crippen molar-refractivity contribution in [3.05, 3.63) is 64.5 Å². The lowest BCUT2D eigenvalue weighted by atomic mass is 9.89. The minimum absolute atomic E-state index is 0.0905. The van der Waals surface area contributed by atoms with E-state index in [-0.39, 0.29) is 17.5 Å². The van der Waals surface area contributed by atoms with Gasteiger partial charge in [0.15, 0.2) is 0 Å². The molecule has 0 amide bonds. The van der Waals surface area contributed by atoms with Crippen molar-refractivity contribution in [3.63, 3.8) is 0 Å². The second kappa shape index (κ2) is 8.93. The minimum Gasteiger partial charge on any atom is -0.463 e. The predicted octanol–water partition coefficient (Wildman–Crippen LogP) is 2.53. The summed E-state index contributed by atoms with van der Waals surface area (Å²) in [5.41, 5.74) is -0.777. The normalized spacial score (nSPS) is 26.4. The zero-order chi connectivity index (χ0) is 23.0. The summed E-state index contributed by atoms with van der Waals surface area (Å²) in [6.45, 7) is -0.635. The molecule has 0 aliphatic carbocycles. The predicted molar refractivity (Wildman–Crippen MR) is 107 cm³/mol. The number of benzene rings is 1. The number of nitrogens with zero attached hydrogens (tertiary/aromatic N) is 1. The average molecular weight is 471 g/mol. The van der Waals surface area contributed by atoms with Crippen LogP contribution in [0.25, 0.3) is 10.6 Å². The van der Waals surface area contributed by atoms with Crippen LogP contribution in [-0.4, -0.2) is 56.4 Å². The summed E-state index contributed by atoms with van der Waals surface area (Å²) in [6, 6.07) is 6.69. The van der Waals surface area contributed by atoms with Crippen molar-refractivity contribution in [1.29, 1.82) is 0 Å². The summed E-state index contributed by atoms with van der Waals surface area (Å²) < 4.78 is 51.7. The van der Waals surface area contributed by atoms with Gasteiger partial charge >= 0.3 is 6.18 Å². The zero-order valence-electron chi connectivity index (χ0n) is 16.4. The number of aliphatic hydroxyl groups excluding tert-OH is 4. The van der Waals surface area contributed by atoms with Crippen molar-refractivity contribution in [2.45, 2.75) is 43.1 Å². The third-order valence-corrected chi connectivity index (χ3v) is 6.33. The van der Waals surface area contributed by atoms with Gasteiger partial charge in [-0.15, -0.1) is 11.3 Å². The smallest absolute Gasteiger partial charge is 0.416 e. The van der Waals surface area contributed by atoms with Crippen molar-refractivity contribution in [2.24, 2.45) is 0 Å². The highest BCUT2D eigenvalue weighted by Gasteiger charge is 2.44. The Balaban J connectivity index is 1.67.